The normalized spacial score (nSPS) is 10.4. The predicted molar refractivity (Wildman–Crippen MR) is 87.9 cm³/mol. The van der Waals surface area contributed by atoms with Crippen LogP contribution in [0.15, 0.2) is 24.5 Å². The number of rotatable bonds is 12. The molecule has 21 heavy (non-hydrogen) atoms. The number of pyridine rings is 1. The number of unbranched alkanes of at least 4 members (excludes halogenated alkanes) is 8. The SMILES string of the molecule is CCCCCCCCCC[n+]1ccc(CCCC)cc1.[Cl-]. The van der Waals surface area contributed by atoms with Gasteiger partial charge in [-0.25, -0.2) is 4.57 Å². The van der Waals surface area contributed by atoms with E-state index in [9.17, 15) is 0 Å². The molecule has 0 saturated carbocycles. The highest BCUT2D eigenvalue weighted by Crippen LogP contribution is 2.08. The number of hydrogen-bond donors (Lipinski definition) is 0. The van der Waals surface area contributed by atoms with Crippen molar-refractivity contribution in [2.75, 3.05) is 0 Å². The Morgan fingerprint density at radius 3 is 1.81 bits per heavy atom. The zero-order valence-electron chi connectivity index (χ0n) is 14.1. The summed E-state index contributed by atoms with van der Waals surface area (Å²) in [5.41, 5.74) is 1.49. The van der Waals surface area contributed by atoms with Gasteiger partial charge in [0.15, 0.2) is 12.4 Å². The quantitative estimate of drug-likeness (QED) is 0.412. The summed E-state index contributed by atoms with van der Waals surface area (Å²) in [5.74, 6) is 0. The second-order valence-electron chi connectivity index (χ2n) is 6.02. The zero-order valence-corrected chi connectivity index (χ0v) is 14.9. The van der Waals surface area contributed by atoms with Crippen molar-refractivity contribution in [1.82, 2.24) is 0 Å². The van der Waals surface area contributed by atoms with E-state index in [0.717, 1.165) is 0 Å². The van der Waals surface area contributed by atoms with Crippen LogP contribution in [0.25, 0.3) is 0 Å². The molecule has 0 spiro atoms. The van der Waals surface area contributed by atoms with Gasteiger partial charge in [-0.1, -0.05) is 58.8 Å². The second-order valence-corrected chi connectivity index (χ2v) is 6.02. The first-order valence-electron chi connectivity index (χ1n) is 8.84. The third-order valence-corrected chi connectivity index (χ3v) is 4.05. The van der Waals surface area contributed by atoms with Crippen LogP contribution in [-0.4, -0.2) is 0 Å². The van der Waals surface area contributed by atoms with Crippen LogP contribution in [0.4, 0.5) is 0 Å². The molecule has 0 fully saturated rings. The number of halogens is 1. The van der Waals surface area contributed by atoms with E-state index < -0.39 is 0 Å². The number of hydrogen-bond acceptors (Lipinski definition) is 0. The van der Waals surface area contributed by atoms with Crippen LogP contribution in [0, 0.1) is 0 Å². The third kappa shape index (κ3) is 10.8. The summed E-state index contributed by atoms with van der Waals surface area (Å²) >= 11 is 0. The Labute approximate surface area is 138 Å². The highest BCUT2D eigenvalue weighted by Gasteiger charge is 2.01. The molecule has 2 heteroatoms. The van der Waals surface area contributed by atoms with Gasteiger partial charge < -0.3 is 12.4 Å². The predicted octanol–water partition coefficient (Wildman–Crippen LogP) is 2.46. The van der Waals surface area contributed by atoms with Gasteiger partial charge in [-0.3, -0.25) is 0 Å². The van der Waals surface area contributed by atoms with E-state index in [-0.39, 0.29) is 12.4 Å². The molecule has 1 nitrogen and oxygen atoms in total. The molecule has 0 aliphatic heterocycles. The van der Waals surface area contributed by atoms with Crippen LogP contribution in [0.5, 0.6) is 0 Å². The van der Waals surface area contributed by atoms with Crippen molar-refractivity contribution in [2.45, 2.75) is 91.0 Å². The molecule has 0 N–H and O–H groups in total. The molecule has 0 unspecified atom stereocenters. The van der Waals surface area contributed by atoms with Gasteiger partial charge >= 0.3 is 0 Å². The van der Waals surface area contributed by atoms with Crippen LogP contribution >= 0.6 is 0 Å². The Kier molecular flexibility index (Phi) is 14.0. The topological polar surface area (TPSA) is 3.88 Å². The first-order valence-corrected chi connectivity index (χ1v) is 8.84. The van der Waals surface area contributed by atoms with Crippen molar-refractivity contribution >= 4 is 0 Å². The van der Waals surface area contributed by atoms with E-state index in [2.05, 4.69) is 42.9 Å². The maximum Gasteiger partial charge on any atom is 0.169 e. The van der Waals surface area contributed by atoms with Gasteiger partial charge in [0.1, 0.15) is 6.54 Å². The van der Waals surface area contributed by atoms with Crippen LogP contribution < -0.4 is 17.0 Å². The first kappa shape index (κ1) is 20.4. The summed E-state index contributed by atoms with van der Waals surface area (Å²) in [4.78, 5) is 0. The summed E-state index contributed by atoms with van der Waals surface area (Å²) < 4.78 is 2.34. The Morgan fingerprint density at radius 2 is 1.24 bits per heavy atom. The highest BCUT2D eigenvalue weighted by molar-refractivity contribution is 5.06. The Balaban J connectivity index is 0.00000400. The van der Waals surface area contributed by atoms with E-state index in [0.29, 0.717) is 0 Å². The van der Waals surface area contributed by atoms with Crippen molar-refractivity contribution in [3.05, 3.63) is 30.1 Å². The van der Waals surface area contributed by atoms with Gasteiger partial charge in [0.05, 0.1) is 0 Å². The minimum Gasteiger partial charge on any atom is -1.00 e. The molecule has 0 aliphatic carbocycles. The van der Waals surface area contributed by atoms with Gasteiger partial charge in [0, 0.05) is 18.6 Å². The molecule has 1 heterocycles. The number of aromatic nitrogens is 1. The van der Waals surface area contributed by atoms with Gasteiger partial charge in [-0.2, -0.15) is 0 Å². The monoisotopic (exact) mass is 311 g/mol. The van der Waals surface area contributed by atoms with E-state index in [4.69, 9.17) is 0 Å². The number of aryl methyl sites for hydroxylation is 2. The van der Waals surface area contributed by atoms with Crippen molar-refractivity contribution in [2.24, 2.45) is 0 Å². The maximum absolute atomic E-state index is 2.34. The fourth-order valence-corrected chi connectivity index (χ4v) is 2.61. The zero-order chi connectivity index (χ0) is 14.5. The highest BCUT2D eigenvalue weighted by atomic mass is 35.5. The molecular formula is C19H34ClN. The molecule has 1 aromatic heterocycles. The van der Waals surface area contributed by atoms with Crippen LogP contribution in [0.1, 0.15) is 83.6 Å². The van der Waals surface area contributed by atoms with Crippen LogP contribution in [-0.2, 0) is 13.0 Å². The Morgan fingerprint density at radius 1 is 0.714 bits per heavy atom. The average molecular weight is 312 g/mol. The average Bonchev–Trinajstić information content (AvgIpc) is 2.49. The van der Waals surface area contributed by atoms with Gasteiger partial charge in [0.25, 0.3) is 0 Å². The third-order valence-electron chi connectivity index (χ3n) is 4.05. The Hall–Kier alpha value is -0.560. The summed E-state index contributed by atoms with van der Waals surface area (Å²) in [6.07, 6.45) is 19.5. The number of nitrogens with zero attached hydrogens (tertiary/aromatic N) is 1. The first-order chi connectivity index (χ1) is 9.86. The minimum absolute atomic E-state index is 0. The fraction of sp³-hybridized carbons (Fsp3) is 0.737. The van der Waals surface area contributed by atoms with Crippen molar-refractivity contribution in [3.63, 3.8) is 0 Å². The van der Waals surface area contributed by atoms with E-state index in [1.165, 1.54) is 82.7 Å². The summed E-state index contributed by atoms with van der Waals surface area (Å²) in [6.45, 7) is 5.72. The largest absolute Gasteiger partial charge is 1.00 e. The van der Waals surface area contributed by atoms with Crippen molar-refractivity contribution in [1.29, 1.82) is 0 Å². The molecular weight excluding hydrogens is 278 g/mol. The van der Waals surface area contributed by atoms with Crippen molar-refractivity contribution in [3.8, 4) is 0 Å². The molecule has 0 bridgehead atoms. The molecule has 0 saturated heterocycles. The summed E-state index contributed by atoms with van der Waals surface area (Å²) in [7, 11) is 0. The molecule has 0 radical (unpaired) electrons. The molecule has 0 aliphatic rings. The molecule has 122 valence electrons. The molecule has 1 rings (SSSR count). The smallest absolute Gasteiger partial charge is 0.169 e. The maximum atomic E-state index is 2.34. The van der Waals surface area contributed by atoms with Gasteiger partial charge in [0.2, 0.25) is 0 Å². The standard InChI is InChI=1S/C19H34N.ClH/c1-3-5-7-8-9-10-11-12-16-20-17-14-19(15-18-20)13-6-4-2;/h14-15,17-18H,3-13,16H2,1-2H3;1H/q+1;/p-1. The van der Waals surface area contributed by atoms with Crippen LogP contribution in [0.2, 0.25) is 0 Å². The lowest BCUT2D eigenvalue weighted by atomic mass is 10.1. The second kappa shape index (κ2) is 14.4. The molecule has 1 aromatic rings. The van der Waals surface area contributed by atoms with Crippen molar-refractivity contribution < 1.29 is 17.0 Å². The minimum atomic E-state index is 0. The van der Waals surface area contributed by atoms with E-state index in [1.807, 2.05) is 0 Å². The molecule has 0 atom stereocenters. The molecule has 0 aromatic carbocycles. The van der Waals surface area contributed by atoms with Gasteiger partial charge in [-0.05, 0) is 24.8 Å². The van der Waals surface area contributed by atoms with E-state index >= 15 is 0 Å². The molecule has 0 amide bonds. The van der Waals surface area contributed by atoms with Crippen LogP contribution in [0.3, 0.4) is 0 Å². The lowest BCUT2D eigenvalue weighted by Crippen LogP contribution is -3.00. The van der Waals surface area contributed by atoms with E-state index in [1.54, 1.807) is 0 Å². The summed E-state index contributed by atoms with van der Waals surface area (Å²) in [6, 6.07) is 4.58. The fourth-order valence-electron chi connectivity index (χ4n) is 2.61. The Bertz CT molecular complexity index is 321. The summed E-state index contributed by atoms with van der Waals surface area (Å²) in [5, 5.41) is 0. The van der Waals surface area contributed by atoms with Gasteiger partial charge in [-0.15, -0.1) is 0 Å². The lowest BCUT2D eigenvalue weighted by Gasteiger charge is -2.01. The lowest BCUT2D eigenvalue weighted by molar-refractivity contribution is -0.697.